The highest BCUT2D eigenvalue weighted by atomic mass is 79.9. The second kappa shape index (κ2) is 11.5. The van der Waals surface area contributed by atoms with Crippen molar-refractivity contribution in [3.63, 3.8) is 0 Å². The molecular weight excluding hydrogens is 567 g/mol. The molecule has 0 fully saturated rings. The van der Waals surface area contributed by atoms with Crippen LogP contribution in [0.3, 0.4) is 0 Å². The van der Waals surface area contributed by atoms with Crippen molar-refractivity contribution in [2.75, 3.05) is 13.1 Å². The largest absolute Gasteiger partial charge is 0.437 e. The quantitative estimate of drug-likeness (QED) is 0.288. The van der Waals surface area contributed by atoms with Crippen molar-refractivity contribution in [3.8, 4) is 0 Å². The van der Waals surface area contributed by atoms with Crippen LogP contribution in [0.25, 0.3) is 11.1 Å². The molecule has 2 N–H and O–H groups in total. The van der Waals surface area contributed by atoms with Gasteiger partial charge in [-0.25, -0.2) is 0 Å². The molecule has 0 radical (unpaired) electrons. The zero-order chi connectivity index (χ0) is 27.4. The van der Waals surface area contributed by atoms with Crippen molar-refractivity contribution in [3.05, 3.63) is 92.1 Å². The molecule has 200 valence electrons. The van der Waals surface area contributed by atoms with Crippen LogP contribution < -0.4 is 11.3 Å². The second-order valence-corrected chi connectivity index (χ2v) is 9.54. The number of aromatic nitrogens is 3. The van der Waals surface area contributed by atoms with Gasteiger partial charge in [0.25, 0.3) is 17.2 Å². The fourth-order valence-electron chi connectivity index (χ4n) is 4.28. The van der Waals surface area contributed by atoms with Crippen molar-refractivity contribution in [2.24, 2.45) is 5.73 Å². The van der Waals surface area contributed by atoms with E-state index in [2.05, 4.69) is 26.1 Å². The minimum Gasteiger partial charge on any atom is -0.335 e. The summed E-state index contributed by atoms with van der Waals surface area (Å²) in [7, 11) is 0. The number of rotatable bonds is 9. The van der Waals surface area contributed by atoms with E-state index in [1.54, 1.807) is 66.4 Å². The van der Waals surface area contributed by atoms with Crippen molar-refractivity contribution in [1.82, 2.24) is 19.6 Å². The molecule has 2 aromatic carbocycles. The third-order valence-electron chi connectivity index (χ3n) is 6.09. The Kier molecular flexibility index (Phi) is 8.32. The van der Waals surface area contributed by atoms with Gasteiger partial charge in [-0.05, 0) is 49.2 Å². The highest BCUT2D eigenvalue weighted by molar-refractivity contribution is 9.10. The van der Waals surface area contributed by atoms with Gasteiger partial charge in [0.2, 0.25) is 5.69 Å². The number of alkyl halides is 3. The minimum absolute atomic E-state index is 0.0614. The smallest absolute Gasteiger partial charge is 0.335 e. The zero-order valence-corrected chi connectivity index (χ0v) is 22.0. The van der Waals surface area contributed by atoms with Crippen LogP contribution in [0.5, 0.6) is 0 Å². The first-order chi connectivity index (χ1) is 18.2. The lowest BCUT2D eigenvalue weighted by Crippen LogP contribution is -2.40. The molecule has 8 nitrogen and oxygen atoms in total. The number of nitrogens with two attached hydrogens (primary N) is 1. The number of hydrogen-bond acceptors (Lipinski definition) is 6. The summed E-state index contributed by atoms with van der Waals surface area (Å²) in [6.07, 6.45) is -4.13. The predicted molar refractivity (Wildman–Crippen MR) is 138 cm³/mol. The Morgan fingerprint density at radius 1 is 1.16 bits per heavy atom. The number of hydrogen-bond donors (Lipinski definition) is 1. The van der Waals surface area contributed by atoms with Gasteiger partial charge >= 0.3 is 6.18 Å². The first kappa shape index (κ1) is 27.5. The van der Waals surface area contributed by atoms with Gasteiger partial charge in [0.05, 0.1) is 12.6 Å². The van der Waals surface area contributed by atoms with Crippen LogP contribution >= 0.6 is 15.9 Å². The number of halogens is 4. The Labute approximate surface area is 224 Å². The Morgan fingerprint density at radius 3 is 2.45 bits per heavy atom. The first-order valence-corrected chi connectivity index (χ1v) is 12.7. The molecule has 0 bridgehead atoms. The number of benzene rings is 2. The van der Waals surface area contributed by atoms with Crippen LogP contribution in [0.2, 0.25) is 0 Å². The van der Waals surface area contributed by atoms with Crippen LogP contribution in [0.4, 0.5) is 13.2 Å². The number of amides is 1. The molecule has 0 aliphatic rings. The number of fused-ring (bicyclic) bond motifs is 1. The molecule has 0 aliphatic carbocycles. The third-order valence-corrected chi connectivity index (χ3v) is 6.62. The average Bonchev–Trinajstić information content (AvgIpc) is 3.34. The maximum absolute atomic E-state index is 13.7. The molecule has 2 heterocycles. The Morgan fingerprint density at radius 2 is 1.84 bits per heavy atom. The fourth-order valence-corrected chi connectivity index (χ4v) is 4.55. The molecule has 0 saturated carbocycles. The van der Waals surface area contributed by atoms with Crippen LogP contribution in [0.1, 0.15) is 53.2 Å². The highest BCUT2D eigenvalue weighted by Gasteiger charge is 2.40. The Bertz CT molecular complexity index is 1470. The zero-order valence-electron chi connectivity index (χ0n) is 20.4. The highest BCUT2D eigenvalue weighted by Crippen LogP contribution is 2.33. The molecule has 1 amide bonds. The summed E-state index contributed by atoms with van der Waals surface area (Å²) in [5.41, 5.74) is 3.91. The SMILES string of the molecule is CCC(c1nc2onc(C(F)(F)F)c2c(=O)n1Cc1ccccc1)N(CCCN)C(=O)c1ccc(Br)cc1. The molecule has 12 heteroatoms. The van der Waals surface area contributed by atoms with Gasteiger partial charge in [-0.15, -0.1) is 0 Å². The Balaban J connectivity index is 1.92. The van der Waals surface area contributed by atoms with E-state index >= 15 is 0 Å². The molecule has 0 aliphatic heterocycles. The summed E-state index contributed by atoms with van der Waals surface area (Å²) in [5.74, 6) is -0.229. The van der Waals surface area contributed by atoms with Crippen molar-refractivity contribution < 1.29 is 22.5 Å². The fraction of sp³-hybridized carbons (Fsp3) is 0.308. The van der Waals surface area contributed by atoms with Crippen molar-refractivity contribution >= 4 is 32.9 Å². The van der Waals surface area contributed by atoms with E-state index in [0.717, 1.165) is 4.47 Å². The van der Waals surface area contributed by atoms with Gasteiger partial charge in [-0.1, -0.05) is 58.3 Å². The topological polar surface area (TPSA) is 107 Å². The van der Waals surface area contributed by atoms with Crippen LogP contribution in [-0.4, -0.2) is 38.6 Å². The summed E-state index contributed by atoms with van der Waals surface area (Å²) in [6.45, 7) is 2.29. The van der Waals surface area contributed by atoms with E-state index in [0.29, 0.717) is 30.5 Å². The standard InChI is InChI=1S/C26H25BrF3N5O3/c1-2-19(34(14-6-13-31)24(36)17-9-11-18(27)12-10-17)22-32-23-20(21(33-38-23)26(28,29)30)25(37)35(22)15-16-7-4-3-5-8-16/h3-5,7-12,19H,2,6,13-15,31H2,1H3. The molecule has 1 unspecified atom stereocenters. The minimum atomic E-state index is -4.91. The van der Waals surface area contributed by atoms with Crippen LogP contribution in [-0.2, 0) is 12.7 Å². The molecule has 38 heavy (non-hydrogen) atoms. The monoisotopic (exact) mass is 591 g/mol. The molecule has 4 rings (SSSR count). The van der Waals surface area contributed by atoms with Gasteiger partial charge in [0.15, 0.2) is 0 Å². The molecule has 1 atom stereocenters. The molecule has 0 saturated heterocycles. The van der Waals surface area contributed by atoms with E-state index in [4.69, 9.17) is 10.3 Å². The summed E-state index contributed by atoms with van der Waals surface area (Å²) in [6, 6.07) is 14.8. The summed E-state index contributed by atoms with van der Waals surface area (Å²) < 4.78 is 47.8. The van der Waals surface area contributed by atoms with Crippen molar-refractivity contribution in [1.29, 1.82) is 0 Å². The van der Waals surface area contributed by atoms with Crippen LogP contribution in [0, 0.1) is 0 Å². The van der Waals surface area contributed by atoms with Gasteiger partial charge < -0.3 is 15.2 Å². The van der Waals surface area contributed by atoms with Crippen LogP contribution in [0.15, 0.2) is 68.4 Å². The van der Waals surface area contributed by atoms with Gasteiger partial charge in [0.1, 0.15) is 11.2 Å². The van der Waals surface area contributed by atoms with Crippen molar-refractivity contribution in [2.45, 2.75) is 38.5 Å². The molecule has 4 aromatic rings. The number of nitrogens with zero attached hydrogens (tertiary/aromatic N) is 4. The Hall–Kier alpha value is -3.51. The number of carbonyl (C=O) groups is 1. The van der Waals surface area contributed by atoms with E-state index in [1.165, 1.54) is 4.57 Å². The second-order valence-electron chi connectivity index (χ2n) is 8.63. The van der Waals surface area contributed by atoms with E-state index in [1.807, 2.05) is 0 Å². The van der Waals surface area contributed by atoms with E-state index < -0.39 is 34.6 Å². The summed E-state index contributed by atoms with van der Waals surface area (Å²) >= 11 is 3.35. The van der Waals surface area contributed by atoms with Gasteiger partial charge in [-0.2, -0.15) is 18.2 Å². The molecule has 0 spiro atoms. The van der Waals surface area contributed by atoms with E-state index in [-0.39, 0.29) is 24.8 Å². The summed E-state index contributed by atoms with van der Waals surface area (Å²) in [5, 5.41) is 2.36. The normalized spacial score (nSPS) is 12.6. The maximum Gasteiger partial charge on any atom is 0.437 e. The summed E-state index contributed by atoms with van der Waals surface area (Å²) in [4.78, 5) is 33.2. The van der Waals surface area contributed by atoms with E-state index in [9.17, 15) is 22.8 Å². The first-order valence-electron chi connectivity index (χ1n) is 11.9. The maximum atomic E-state index is 13.7. The predicted octanol–water partition coefficient (Wildman–Crippen LogP) is 5.16. The third kappa shape index (κ3) is 5.65. The lowest BCUT2D eigenvalue weighted by molar-refractivity contribution is -0.141. The lowest BCUT2D eigenvalue weighted by atomic mass is 10.1. The number of carbonyl (C=O) groups excluding carboxylic acids is 1. The average molecular weight is 592 g/mol. The molecular formula is C26H25BrF3N5O3. The van der Waals surface area contributed by atoms with Gasteiger partial charge in [0, 0.05) is 16.6 Å². The van der Waals surface area contributed by atoms with Gasteiger partial charge in [-0.3, -0.25) is 14.2 Å². The molecule has 2 aromatic heterocycles. The lowest BCUT2D eigenvalue weighted by Gasteiger charge is -2.32.